The van der Waals surface area contributed by atoms with Gasteiger partial charge in [0.1, 0.15) is 6.54 Å². The minimum absolute atomic E-state index is 0.0115. The molecule has 5 rings (SSSR count). The number of anilines is 3. The Balaban J connectivity index is 1.37. The molecule has 10 heteroatoms. The molecule has 0 fully saturated rings. The van der Waals surface area contributed by atoms with Crippen LogP contribution >= 0.6 is 0 Å². The normalized spacial score (nSPS) is 11.7. The molecule has 0 heterocycles. The van der Waals surface area contributed by atoms with Gasteiger partial charge in [-0.15, -0.1) is 0 Å². The molecule has 8 nitrogen and oxygen atoms in total. The molecule has 1 amide bonds. The standard InChI is InChI=1S/C33H31N3O5S2/c1-23-12-17-29(18-13-23)43(40,41)36(32-21-24(2)11-14-25(32)3)22-33(37)34-27-15-19-28(20-16-27)42(38,39)35-31-10-6-8-26-7-4-5-9-30(26)31/h4-21,35H,22H2,1-3H3,(H,34,37). The summed E-state index contributed by atoms with van der Waals surface area (Å²) in [6, 6.07) is 30.4. The van der Waals surface area contributed by atoms with Crippen molar-refractivity contribution in [3.05, 3.63) is 126 Å². The zero-order valence-electron chi connectivity index (χ0n) is 23.9. The number of fused-ring (bicyclic) bond motifs is 1. The van der Waals surface area contributed by atoms with Gasteiger partial charge in [-0.1, -0.05) is 66.2 Å². The van der Waals surface area contributed by atoms with Gasteiger partial charge in [-0.25, -0.2) is 16.8 Å². The van der Waals surface area contributed by atoms with E-state index >= 15 is 0 Å². The predicted molar refractivity (Wildman–Crippen MR) is 171 cm³/mol. The molecule has 0 aliphatic rings. The number of carbonyl (C=O) groups excluding carboxylic acids is 1. The van der Waals surface area contributed by atoms with Gasteiger partial charge in [-0.2, -0.15) is 0 Å². The summed E-state index contributed by atoms with van der Waals surface area (Å²) in [6.45, 7) is 5.02. The Labute approximate surface area is 252 Å². The molecule has 0 saturated carbocycles. The van der Waals surface area contributed by atoms with Gasteiger partial charge in [0.25, 0.3) is 20.0 Å². The predicted octanol–water partition coefficient (Wildman–Crippen LogP) is 6.40. The third-order valence-corrected chi connectivity index (χ3v) is 10.2. The summed E-state index contributed by atoms with van der Waals surface area (Å²) in [4.78, 5) is 13.3. The van der Waals surface area contributed by atoms with Crippen LogP contribution in [0, 0.1) is 20.8 Å². The van der Waals surface area contributed by atoms with Crippen LogP contribution < -0.4 is 14.3 Å². The Morgan fingerprint density at radius 3 is 2.05 bits per heavy atom. The van der Waals surface area contributed by atoms with Crippen molar-refractivity contribution in [2.45, 2.75) is 30.6 Å². The molecule has 0 unspecified atom stereocenters. The summed E-state index contributed by atoms with van der Waals surface area (Å²) in [5.41, 5.74) is 3.63. The Kier molecular flexibility index (Phi) is 8.25. The van der Waals surface area contributed by atoms with Crippen molar-refractivity contribution in [2.24, 2.45) is 0 Å². The van der Waals surface area contributed by atoms with E-state index in [-0.39, 0.29) is 9.79 Å². The van der Waals surface area contributed by atoms with Crippen LogP contribution in [-0.4, -0.2) is 29.3 Å². The summed E-state index contributed by atoms with van der Waals surface area (Å²) in [6.07, 6.45) is 0. The van der Waals surface area contributed by atoms with Crippen LogP contribution in [0.25, 0.3) is 10.8 Å². The van der Waals surface area contributed by atoms with E-state index < -0.39 is 32.5 Å². The number of benzene rings is 5. The molecular weight excluding hydrogens is 583 g/mol. The summed E-state index contributed by atoms with van der Waals surface area (Å²) in [5, 5.41) is 4.37. The molecule has 0 aromatic heterocycles. The third-order valence-electron chi connectivity index (χ3n) is 7.01. The average Bonchev–Trinajstić information content (AvgIpc) is 2.98. The molecule has 5 aromatic carbocycles. The second-order valence-corrected chi connectivity index (χ2v) is 13.9. The number of amides is 1. The van der Waals surface area contributed by atoms with Crippen molar-refractivity contribution in [1.82, 2.24) is 0 Å². The number of hydrogen-bond donors (Lipinski definition) is 2. The van der Waals surface area contributed by atoms with Crippen molar-refractivity contribution < 1.29 is 21.6 Å². The highest BCUT2D eigenvalue weighted by Gasteiger charge is 2.28. The third kappa shape index (κ3) is 6.55. The number of rotatable bonds is 9. The number of nitrogens with zero attached hydrogens (tertiary/aromatic N) is 1. The van der Waals surface area contributed by atoms with Gasteiger partial charge in [0.2, 0.25) is 5.91 Å². The second-order valence-electron chi connectivity index (χ2n) is 10.3. The molecule has 220 valence electrons. The number of aryl methyl sites for hydroxylation is 3. The minimum Gasteiger partial charge on any atom is -0.325 e. The summed E-state index contributed by atoms with van der Waals surface area (Å²) < 4.78 is 57.5. The highest BCUT2D eigenvalue weighted by Crippen LogP contribution is 2.29. The first-order chi connectivity index (χ1) is 20.4. The second kappa shape index (κ2) is 11.9. The monoisotopic (exact) mass is 613 g/mol. The largest absolute Gasteiger partial charge is 0.325 e. The van der Waals surface area contributed by atoms with E-state index in [0.717, 1.165) is 26.2 Å². The topological polar surface area (TPSA) is 113 Å². The van der Waals surface area contributed by atoms with Gasteiger partial charge >= 0.3 is 0 Å². The number of hydrogen-bond acceptors (Lipinski definition) is 5. The molecule has 0 atom stereocenters. The van der Waals surface area contributed by atoms with Crippen LogP contribution in [0.5, 0.6) is 0 Å². The molecule has 0 bridgehead atoms. The van der Waals surface area contributed by atoms with E-state index in [2.05, 4.69) is 10.0 Å². The maximum atomic E-state index is 13.8. The Hall–Kier alpha value is -4.67. The molecular formula is C33H31N3O5S2. The first-order valence-corrected chi connectivity index (χ1v) is 16.4. The van der Waals surface area contributed by atoms with E-state index in [1.54, 1.807) is 37.3 Å². The summed E-state index contributed by atoms with van der Waals surface area (Å²) in [7, 11) is -8.00. The lowest BCUT2D eigenvalue weighted by molar-refractivity contribution is -0.114. The van der Waals surface area contributed by atoms with E-state index in [4.69, 9.17) is 0 Å². The minimum atomic E-state index is -4.08. The van der Waals surface area contributed by atoms with E-state index in [1.165, 1.54) is 36.4 Å². The quantitative estimate of drug-likeness (QED) is 0.200. The maximum absolute atomic E-state index is 13.8. The maximum Gasteiger partial charge on any atom is 0.264 e. The van der Waals surface area contributed by atoms with Crippen LogP contribution in [0.3, 0.4) is 0 Å². The van der Waals surface area contributed by atoms with Gasteiger partial charge in [0.15, 0.2) is 0 Å². The number of sulfonamides is 2. The highest BCUT2D eigenvalue weighted by atomic mass is 32.2. The lowest BCUT2D eigenvalue weighted by Crippen LogP contribution is -2.38. The van der Waals surface area contributed by atoms with Crippen LogP contribution in [0.4, 0.5) is 17.1 Å². The molecule has 43 heavy (non-hydrogen) atoms. The molecule has 5 aromatic rings. The van der Waals surface area contributed by atoms with Crippen LogP contribution in [0.1, 0.15) is 16.7 Å². The molecule has 0 spiro atoms. The van der Waals surface area contributed by atoms with E-state index in [0.29, 0.717) is 22.6 Å². The van der Waals surface area contributed by atoms with Gasteiger partial charge in [0.05, 0.1) is 21.2 Å². The van der Waals surface area contributed by atoms with Crippen molar-refractivity contribution in [3.63, 3.8) is 0 Å². The van der Waals surface area contributed by atoms with Crippen molar-refractivity contribution in [1.29, 1.82) is 0 Å². The molecule has 2 N–H and O–H groups in total. The zero-order chi connectivity index (χ0) is 30.8. The van der Waals surface area contributed by atoms with Gasteiger partial charge < -0.3 is 5.32 Å². The SMILES string of the molecule is Cc1ccc(S(=O)(=O)N(CC(=O)Nc2ccc(S(=O)(=O)Nc3cccc4ccccc34)cc2)c2cc(C)ccc2C)cc1. The fraction of sp³-hybridized carbons (Fsp3) is 0.121. The molecule has 0 aliphatic heterocycles. The van der Waals surface area contributed by atoms with Crippen LogP contribution in [0.15, 0.2) is 119 Å². The number of carbonyl (C=O) groups is 1. The fourth-order valence-corrected chi connectivity index (χ4v) is 7.25. The highest BCUT2D eigenvalue weighted by molar-refractivity contribution is 7.93. The van der Waals surface area contributed by atoms with E-state index in [9.17, 15) is 21.6 Å². The van der Waals surface area contributed by atoms with E-state index in [1.807, 2.05) is 56.3 Å². The molecule has 0 radical (unpaired) electrons. The summed E-state index contributed by atoms with van der Waals surface area (Å²) >= 11 is 0. The van der Waals surface area contributed by atoms with Crippen LogP contribution in [0.2, 0.25) is 0 Å². The zero-order valence-corrected chi connectivity index (χ0v) is 25.5. The van der Waals surface area contributed by atoms with Gasteiger partial charge in [-0.3, -0.25) is 13.8 Å². The average molecular weight is 614 g/mol. The smallest absolute Gasteiger partial charge is 0.264 e. The fourth-order valence-electron chi connectivity index (χ4n) is 4.69. The Bertz CT molecular complexity index is 2020. The van der Waals surface area contributed by atoms with Crippen molar-refractivity contribution in [3.8, 4) is 0 Å². The van der Waals surface area contributed by atoms with Gasteiger partial charge in [0, 0.05) is 11.1 Å². The Morgan fingerprint density at radius 1 is 0.698 bits per heavy atom. The molecule has 0 aliphatic carbocycles. The molecule has 0 saturated heterocycles. The van der Waals surface area contributed by atoms with Crippen molar-refractivity contribution >= 4 is 53.8 Å². The lowest BCUT2D eigenvalue weighted by Gasteiger charge is -2.26. The van der Waals surface area contributed by atoms with Crippen LogP contribution in [-0.2, 0) is 24.8 Å². The van der Waals surface area contributed by atoms with Gasteiger partial charge in [-0.05, 0) is 85.8 Å². The summed E-state index contributed by atoms with van der Waals surface area (Å²) in [5.74, 6) is -0.582. The lowest BCUT2D eigenvalue weighted by atomic mass is 10.1. The Morgan fingerprint density at radius 2 is 1.33 bits per heavy atom. The first-order valence-electron chi connectivity index (χ1n) is 13.5. The number of nitrogens with one attached hydrogen (secondary N) is 2. The van der Waals surface area contributed by atoms with Crippen molar-refractivity contribution in [2.75, 3.05) is 20.9 Å². The first kappa shape index (κ1) is 29.8.